The Morgan fingerprint density at radius 1 is 0.886 bits per heavy atom. The van der Waals surface area contributed by atoms with Crippen LogP contribution in [0.2, 0.25) is 0 Å². The highest BCUT2D eigenvalue weighted by molar-refractivity contribution is 7.14. The third kappa shape index (κ3) is 4.06. The summed E-state index contributed by atoms with van der Waals surface area (Å²) < 4.78 is 0. The van der Waals surface area contributed by atoms with Gasteiger partial charge in [-0.05, 0) is 42.8 Å². The summed E-state index contributed by atoms with van der Waals surface area (Å²) in [5, 5.41) is 2.30. The maximum absolute atomic E-state index is 13.7. The van der Waals surface area contributed by atoms with Crippen molar-refractivity contribution in [3.05, 3.63) is 107 Å². The van der Waals surface area contributed by atoms with Gasteiger partial charge in [0.25, 0.3) is 11.8 Å². The van der Waals surface area contributed by atoms with Gasteiger partial charge in [0.1, 0.15) is 0 Å². The van der Waals surface area contributed by atoms with Crippen LogP contribution in [0.1, 0.15) is 34.1 Å². The van der Waals surface area contributed by atoms with Crippen molar-refractivity contribution in [2.45, 2.75) is 13.8 Å². The molecule has 0 fully saturated rings. The highest BCUT2D eigenvalue weighted by Gasteiger charge is 2.36. The third-order valence-electron chi connectivity index (χ3n) is 5.76. The fourth-order valence-electron chi connectivity index (χ4n) is 4.12. The molecule has 6 nitrogen and oxygen atoms in total. The van der Waals surface area contributed by atoms with Crippen LogP contribution in [0.4, 0.5) is 16.5 Å². The van der Waals surface area contributed by atoms with E-state index in [9.17, 15) is 14.4 Å². The zero-order valence-corrected chi connectivity index (χ0v) is 20.0. The number of thiazole rings is 1. The van der Waals surface area contributed by atoms with Gasteiger partial charge in [-0.2, -0.15) is 0 Å². The molecule has 0 atom stereocenters. The van der Waals surface area contributed by atoms with E-state index in [-0.39, 0.29) is 11.8 Å². The van der Waals surface area contributed by atoms with E-state index < -0.39 is 5.91 Å². The molecule has 0 N–H and O–H groups in total. The fraction of sp³-hybridized carbons (Fsp3) is 0.0714. The third-order valence-corrected chi connectivity index (χ3v) is 6.61. The smallest absolute Gasteiger partial charge is 0.266 e. The second-order valence-corrected chi connectivity index (χ2v) is 8.92. The first-order valence-electron chi connectivity index (χ1n) is 11.0. The Balaban J connectivity index is 1.60. The molecule has 1 aliphatic rings. The van der Waals surface area contributed by atoms with Crippen LogP contribution in [-0.4, -0.2) is 22.7 Å². The molecule has 0 radical (unpaired) electrons. The van der Waals surface area contributed by atoms with Gasteiger partial charge in [-0.3, -0.25) is 19.3 Å². The second kappa shape index (κ2) is 9.12. The minimum atomic E-state index is -0.413. The van der Waals surface area contributed by atoms with Crippen LogP contribution in [0, 0.1) is 6.92 Å². The molecule has 0 aliphatic carbocycles. The Bertz CT molecular complexity index is 1490. The predicted octanol–water partition coefficient (Wildman–Crippen LogP) is 5.86. The molecule has 35 heavy (non-hydrogen) atoms. The van der Waals surface area contributed by atoms with Gasteiger partial charge in [-0.1, -0.05) is 54.6 Å². The van der Waals surface area contributed by atoms with Gasteiger partial charge < -0.3 is 0 Å². The molecule has 1 aliphatic heterocycles. The first kappa shape index (κ1) is 22.4. The number of amides is 3. The maximum atomic E-state index is 13.7. The number of rotatable bonds is 4. The lowest BCUT2D eigenvalue weighted by atomic mass is 9.92. The number of nitrogens with zero attached hydrogens (tertiary/aromatic N) is 3. The summed E-state index contributed by atoms with van der Waals surface area (Å²) in [5.41, 5.74) is 4.00. The average molecular weight is 480 g/mol. The molecule has 0 bridgehead atoms. The van der Waals surface area contributed by atoms with Crippen LogP contribution in [-0.2, 0) is 9.59 Å². The number of carbonyl (C=O) groups excluding carboxylic acids is 3. The molecule has 0 spiro atoms. The van der Waals surface area contributed by atoms with E-state index in [1.165, 1.54) is 28.1 Å². The predicted molar refractivity (Wildman–Crippen MR) is 139 cm³/mol. The molecule has 1 aromatic heterocycles. The van der Waals surface area contributed by atoms with Crippen LogP contribution in [0.25, 0.3) is 11.6 Å². The van der Waals surface area contributed by atoms with Crippen LogP contribution in [0.5, 0.6) is 0 Å². The Morgan fingerprint density at radius 2 is 1.54 bits per heavy atom. The normalized spacial score (nSPS) is 14.2. The van der Waals surface area contributed by atoms with Gasteiger partial charge >= 0.3 is 0 Å². The van der Waals surface area contributed by atoms with Gasteiger partial charge in [0.15, 0.2) is 5.13 Å². The summed E-state index contributed by atoms with van der Waals surface area (Å²) >= 11 is 1.31. The summed E-state index contributed by atoms with van der Waals surface area (Å²) in [4.78, 5) is 46.8. The van der Waals surface area contributed by atoms with Crippen LogP contribution >= 0.6 is 11.3 Å². The minimum Gasteiger partial charge on any atom is -0.274 e. The molecule has 3 amide bonds. The number of hydrogen-bond donors (Lipinski definition) is 0. The van der Waals surface area contributed by atoms with E-state index in [1.54, 1.807) is 47.9 Å². The van der Waals surface area contributed by atoms with Gasteiger partial charge in [0.2, 0.25) is 5.91 Å². The van der Waals surface area contributed by atoms with Crippen molar-refractivity contribution in [2.75, 3.05) is 9.80 Å². The van der Waals surface area contributed by atoms with Crippen molar-refractivity contribution in [3.63, 3.8) is 0 Å². The lowest BCUT2D eigenvalue weighted by Crippen LogP contribution is -2.42. The monoisotopic (exact) mass is 479 g/mol. The van der Waals surface area contributed by atoms with Gasteiger partial charge in [0.05, 0.1) is 22.6 Å². The first-order chi connectivity index (χ1) is 17.0. The van der Waals surface area contributed by atoms with Crippen molar-refractivity contribution in [3.8, 4) is 0 Å². The van der Waals surface area contributed by atoms with Crippen molar-refractivity contribution < 1.29 is 14.4 Å². The molecular weight excluding hydrogens is 458 g/mol. The van der Waals surface area contributed by atoms with Gasteiger partial charge in [0, 0.05) is 23.4 Å². The number of hydrogen-bond acceptors (Lipinski definition) is 5. The number of aromatic nitrogens is 1. The maximum Gasteiger partial charge on any atom is 0.266 e. The first-order valence-corrected chi connectivity index (χ1v) is 11.9. The van der Waals surface area contributed by atoms with E-state index >= 15 is 0 Å². The lowest BCUT2D eigenvalue weighted by Gasteiger charge is -2.29. The van der Waals surface area contributed by atoms with Crippen molar-refractivity contribution >= 4 is 57.2 Å². The largest absolute Gasteiger partial charge is 0.274 e. The molecule has 0 saturated heterocycles. The van der Waals surface area contributed by atoms with Crippen LogP contribution in [0.3, 0.4) is 0 Å². The summed E-state index contributed by atoms with van der Waals surface area (Å²) in [6.45, 7) is 3.35. The van der Waals surface area contributed by atoms with Crippen molar-refractivity contribution in [1.29, 1.82) is 0 Å². The molecule has 7 heteroatoms. The standard InChI is InChI=1S/C28H21N3O3S/c1-18-10-6-9-15-25(18)31-26(33)23-14-8-7-13-22(23)24(27(31)34)16-20-17-35-28(29-20)30(19(2)32)21-11-4-3-5-12-21/h3-17H,1-2H3. The molecule has 3 aromatic carbocycles. The molecule has 0 saturated carbocycles. The lowest BCUT2D eigenvalue weighted by molar-refractivity contribution is -0.116. The minimum absolute atomic E-state index is 0.167. The number of anilines is 3. The number of benzene rings is 3. The molecule has 0 unspecified atom stereocenters. The molecule has 4 aromatic rings. The molecular formula is C28H21N3O3S. The highest BCUT2D eigenvalue weighted by Crippen LogP contribution is 2.36. The molecule has 2 heterocycles. The quantitative estimate of drug-likeness (QED) is 0.271. The Kier molecular flexibility index (Phi) is 5.84. The number of aryl methyl sites for hydroxylation is 1. The summed E-state index contributed by atoms with van der Waals surface area (Å²) in [7, 11) is 0. The van der Waals surface area contributed by atoms with Crippen molar-refractivity contribution in [2.24, 2.45) is 0 Å². The Labute approximate surface area is 206 Å². The number of fused-ring (bicyclic) bond motifs is 1. The number of imide groups is 1. The van der Waals surface area contributed by atoms with Crippen molar-refractivity contribution in [1.82, 2.24) is 4.98 Å². The topological polar surface area (TPSA) is 70.6 Å². The van der Waals surface area contributed by atoms with E-state index in [2.05, 4.69) is 4.98 Å². The summed E-state index contributed by atoms with van der Waals surface area (Å²) in [6, 6.07) is 23.7. The van der Waals surface area contributed by atoms with E-state index in [1.807, 2.05) is 49.4 Å². The number of carbonyl (C=O) groups is 3. The number of para-hydroxylation sites is 2. The fourth-order valence-corrected chi connectivity index (χ4v) is 4.97. The average Bonchev–Trinajstić information content (AvgIpc) is 3.31. The van der Waals surface area contributed by atoms with Crippen LogP contribution < -0.4 is 9.80 Å². The van der Waals surface area contributed by atoms with E-state index in [0.717, 1.165) is 5.56 Å². The summed E-state index contributed by atoms with van der Waals surface area (Å²) in [6.07, 6.45) is 1.68. The van der Waals surface area contributed by atoms with E-state index in [0.29, 0.717) is 38.9 Å². The summed E-state index contributed by atoms with van der Waals surface area (Å²) in [5.74, 6) is -0.938. The van der Waals surface area contributed by atoms with Crippen LogP contribution in [0.15, 0.2) is 84.2 Å². The zero-order valence-electron chi connectivity index (χ0n) is 19.1. The Morgan fingerprint density at radius 3 is 2.26 bits per heavy atom. The SMILES string of the molecule is CC(=O)N(c1ccccc1)c1nc(C=C2C(=O)N(c3ccccc3C)C(=O)c3ccccc32)cs1. The van der Waals surface area contributed by atoms with Gasteiger partial charge in [-0.25, -0.2) is 9.88 Å². The van der Waals surface area contributed by atoms with Gasteiger partial charge in [-0.15, -0.1) is 11.3 Å². The zero-order chi connectivity index (χ0) is 24.5. The second-order valence-electron chi connectivity index (χ2n) is 8.08. The molecule has 5 rings (SSSR count). The molecule has 172 valence electrons. The highest BCUT2D eigenvalue weighted by atomic mass is 32.1. The Hall–Kier alpha value is -4.36. The van der Waals surface area contributed by atoms with E-state index in [4.69, 9.17) is 0 Å².